The van der Waals surface area contributed by atoms with Crippen molar-refractivity contribution in [2.45, 2.75) is 32.6 Å². The molecule has 1 aromatic heterocycles. The molecule has 150 valence electrons. The van der Waals surface area contributed by atoms with Gasteiger partial charge in [0.1, 0.15) is 0 Å². The predicted octanol–water partition coefficient (Wildman–Crippen LogP) is 4.81. The van der Waals surface area contributed by atoms with Crippen molar-refractivity contribution in [2.24, 2.45) is 5.92 Å². The second-order valence-electron chi connectivity index (χ2n) is 7.77. The van der Waals surface area contributed by atoms with E-state index in [0.717, 1.165) is 53.7 Å². The van der Waals surface area contributed by atoms with Crippen molar-refractivity contribution in [1.82, 2.24) is 9.88 Å². The van der Waals surface area contributed by atoms with E-state index >= 15 is 0 Å². The number of nitrogens with zero attached hydrogens (tertiary/aromatic N) is 1. The Morgan fingerprint density at radius 3 is 2.83 bits per heavy atom. The van der Waals surface area contributed by atoms with Crippen LogP contribution in [0.2, 0.25) is 0 Å². The molecule has 1 saturated heterocycles. The minimum atomic E-state index is -0.152. The van der Waals surface area contributed by atoms with E-state index in [0.29, 0.717) is 13.0 Å². The van der Waals surface area contributed by atoms with Crippen molar-refractivity contribution in [1.29, 1.82) is 0 Å². The third kappa shape index (κ3) is 4.34. The van der Waals surface area contributed by atoms with Crippen molar-refractivity contribution in [2.75, 3.05) is 18.4 Å². The number of anilines is 1. The van der Waals surface area contributed by atoms with Crippen LogP contribution >= 0.6 is 0 Å². The number of piperidine rings is 1. The number of aromatic nitrogens is 1. The Hall–Kier alpha value is -3.08. The molecule has 5 nitrogen and oxygen atoms in total. The number of para-hydroxylation sites is 1. The Balaban J connectivity index is 1.46. The average Bonchev–Trinajstić information content (AvgIpc) is 3.19. The summed E-state index contributed by atoms with van der Waals surface area (Å²) in [6.07, 6.45) is 3.10. The fourth-order valence-electron chi connectivity index (χ4n) is 4.03. The molecule has 3 aromatic rings. The van der Waals surface area contributed by atoms with Crippen LogP contribution in [-0.4, -0.2) is 34.8 Å². The van der Waals surface area contributed by atoms with Crippen molar-refractivity contribution < 1.29 is 9.59 Å². The van der Waals surface area contributed by atoms with E-state index in [1.165, 1.54) is 0 Å². The SMILES string of the molecule is CCCC(=O)N1CCC[C@H](C(=O)Nc2cccc(-c3cc4ccccc4[nH]3)c2)C1. The van der Waals surface area contributed by atoms with Gasteiger partial charge in [-0.25, -0.2) is 0 Å². The van der Waals surface area contributed by atoms with E-state index in [1.807, 2.05) is 48.2 Å². The van der Waals surface area contributed by atoms with Crippen LogP contribution in [0.3, 0.4) is 0 Å². The molecule has 0 unspecified atom stereocenters. The summed E-state index contributed by atoms with van der Waals surface area (Å²) in [5, 5.41) is 4.22. The first-order chi connectivity index (χ1) is 14.1. The molecule has 0 saturated carbocycles. The van der Waals surface area contributed by atoms with Gasteiger partial charge in [-0.05, 0) is 43.5 Å². The Morgan fingerprint density at radius 1 is 1.14 bits per heavy atom. The molecule has 1 aliphatic heterocycles. The van der Waals surface area contributed by atoms with Crippen molar-refractivity contribution in [3.05, 3.63) is 54.6 Å². The zero-order valence-corrected chi connectivity index (χ0v) is 16.8. The highest BCUT2D eigenvalue weighted by Crippen LogP contribution is 2.27. The van der Waals surface area contributed by atoms with E-state index in [2.05, 4.69) is 28.5 Å². The predicted molar refractivity (Wildman–Crippen MR) is 117 cm³/mol. The average molecular weight is 389 g/mol. The molecule has 1 aliphatic rings. The van der Waals surface area contributed by atoms with Crippen LogP contribution in [0.1, 0.15) is 32.6 Å². The highest BCUT2D eigenvalue weighted by Gasteiger charge is 2.28. The second-order valence-corrected chi connectivity index (χ2v) is 7.77. The third-order valence-electron chi connectivity index (χ3n) is 5.58. The standard InChI is InChI=1S/C24H27N3O2/c1-2-7-23(28)27-13-6-10-19(16-27)24(29)25-20-11-5-9-17(14-20)22-15-18-8-3-4-12-21(18)26-22/h3-5,8-9,11-12,14-15,19,26H,2,6-7,10,13,16H2,1H3,(H,25,29)/t19-/m0/s1. The molecule has 2 aromatic carbocycles. The number of carbonyl (C=O) groups is 2. The number of carbonyl (C=O) groups excluding carboxylic acids is 2. The number of amides is 2. The first-order valence-corrected chi connectivity index (χ1v) is 10.4. The van der Waals surface area contributed by atoms with Gasteiger partial charge in [-0.2, -0.15) is 0 Å². The number of aromatic amines is 1. The lowest BCUT2D eigenvalue weighted by Gasteiger charge is -2.32. The summed E-state index contributed by atoms with van der Waals surface area (Å²) in [6.45, 7) is 3.29. The van der Waals surface area contributed by atoms with Crippen LogP contribution in [0.15, 0.2) is 54.6 Å². The number of benzene rings is 2. The number of fused-ring (bicyclic) bond motifs is 1. The molecule has 2 N–H and O–H groups in total. The van der Waals surface area contributed by atoms with Crippen LogP contribution in [-0.2, 0) is 9.59 Å². The lowest BCUT2D eigenvalue weighted by molar-refractivity contribution is -0.134. The Kier molecular flexibility index (Phi) is 5.65. The summed E-state index contributed by atoms with van der Waals surface area (Å²) >= 11 is 0. The van der Waals surface area contributed by atoms with Crippen LogP contribution in [0, 0.1) is 5.92 Å². The summed E-state index contributed by atoms with van der Waals surface area (Å²) in [5.41, 5.74) is 3.93. The van der Waals surface area contributed by atoms with Crippen LogP contribution in [0.4, 0.5) is 5.69 Å². The van der Waals surface area contributed by atoms with Crippen molar-refractivity contribution >= 4 is 28.4 Å². The van der Waals surface area contributed by atoms with Gasteiger partial charge in [0.15, 0.2) is 0 Å². The fourth-order valence-corrected chi connectivity index (χ4v) is 4.03. The molecule has 4 rings (SSSR count). The molecule has 1 atom stereocenters. The van der Waals surface area contributed by atoms with Gasteiger partial charge in [-0.15, -0.1) is 0 Å². The minimum absolute atomic E-state index is 0.00667. The molecule has 0 aliphatic carbocycles. The van der Waals surface area contributed by atoms with Gasteiger partial charge < -0.3 is 15.2 Å². The topological polar surface area (TPSA) is 65.2 Å². The van der Waals surface area contributed by atoms with E-state index in [-0.39, 0.29) is 17.7 Å². The maximum absolute atomic E-state index is 12.8. The largest absolute Gasteiger partial charge is 0.355 e. The normalized spacial score (nSPS) is 16.7. The molecule has 1 fully saturated rings. The van der Waals surface area contributed by atoms with Gasteiger partial charge in [0, 0.05) is 47.4 Å². The lowest BCUT2D eigenvalue weighted by Crippen LogP contribution is -2.43. The zero-order chi connectivity index (χ0) is 20.2. The highest BCUT2D eigenvalue weighted by atomic mass is 16.2. The van der Waals surface area contributed by atoms with Gasteiger partial charge in [-0.3, -0.25) is 9.59 Å². The minimum Gasteiger partial charge on any atom is -0.355 e. The zero-order valence-electron chi connectivity index (χ0n) is 16.8. The Morgan fingerprint density at radius 2 is 2.00 bits per heavy atom. The first kappa shape index (κ1) is 19.2. The number of hydrogen-bond acceptors (Lipinski definition) is 2. The molecule has 2 amide bonds. The van der Waals surface area contributed by atoms with E-state index in [9.17, 15) is 9.59 Å². The maximum atomic E-state index is 12.8. The fraction of sp³-hybridized carbons (Fsp3) is 0.333. The quantitative estimate of drug-likeness (QED) is 0.657. The smallest absolute Gasteiger partial charge is 0.229 e. The summed E-state index contributed by atoms with van der Waals surface area (Å²) in [7, 11) is 0. The van der Waals surface area contributed by atoms with E-state index in [1.54, 1.807) is 0 Å². The van der Waals surface area contributed by atoms with Gasteiger partial charge in [0.25, 0.3) is 0 Å². The Labute approximate surface area is 171 Å². The number of likely N-dealkylation sites (tertiary alicyclic amines) is 1. The van der Waals surface area contributed by atoms with Gasteiger partial charge >= 0.3 is 0 Å². The summed E-state index contributed by atoms with van der Waals surface area (Å²) in [6, 6.07) is 18.2. The second kappa shape index (κ2) is 8.52. The summed E-state index contributed by atoms with van der Waals surface area (Å²) in [5.74, 6) is -0.000100. The maximum Gasteiger partial charge on any atom is 0.229 e. The first-order valence-electron chi connectivity index (χ1n) is 10.4. The van der Waals surface area contributed by atoms with Crippen LogP contribution in [0.25, 0.3) is 22.2 Å². The molecule has 0 radical (unpaired) electrons. The lowest BCUT2D eigenvalue weighted by atomic mass is 9.96. The third-order valence-corrected chi connectivity index (χ3v) is 5.58. The summed E-state index contributed by atoms with van der Waals surface area (Å²) in [4.78, 5) is 30.3. The molecule has 0 spiro atoms. The van der Waals surface area contributed by atoms with Gasteiger partial charge in [-0.1, -0.05) is 37.3 Å². The van der Waals surface area contributed by atoms with Gasteiger partial charge in [0.05, 0.1) is 5.92 Å². The van der Waals surface area contributed by atoms with Gasteiger partial charge in [0.2, 0.25) is 11.8 Å². The molecule has 2 heterocycles. The van der Waals surface area contributed by atoms with Crippen LogP contribution in [0.5, 0.6) is 0 Å². The van der Waals surface area contributed by atoms with Crippen LogP contribution < -0.4 is 5.32 Å². The van der Waals surface area contributed by atoms with E-state index < -0.39 is 0 Å². The van der Waals surface area contributed by atoms with Crippen molar-refractivity contribution in [3.63, 3.8) is 0 Å². The number of hydrogen-bond donors (Lipinski definition) is 2. The molecule has 5 heteroatoms. The number of nitrogens with one attached hydrogen (secondary N) is 2. The molecular formula is C24H27N3O2. The van der Waals surface area contributed by atoms with Crippen molar-refractivity contribution in [3.8, 4) is 11.3 Å². The highest BCUT2D eigenvalue weighted by molar-refractivity contribution is 5.94. The molecular weight excluding hydrogens is 362 g/mol. The van der Waals surface area contributed by atoms with E-state index in [4.69, 9.17) is 0 Å². The molecule has 0 bridgehead atoms. The number of H-pyrrole nitrogens is 1. The number of rotatable bonds is 5. The monoisotopic (exact) mass is 389 g/mol. The summed E-state index contributed by atoms with van der Waals surface area (Å²) < 4.78 is 0. The molecule has 29 heavy (non-hydrogen) atoms. The Bertz CT molecular complexity index is 991.